The Bertz CT molecular complexity index is 3360. The van der Waals surface area contributed by atoms with Crippen molar-refractivity contribution in [2.45, 2.75) is 113 Å². The van der Waals surface area contributed by atoms with E-state index >= 15 is 0 Å². The molecule has 4 aliphatic heterocycles. The van der Waals surface area contributed by atoms with E-state index in [9.17, 15) is 28.4 Å². The summed E-state index contributed by atoms with van der Waals surface area (Å²) in [6, 6.07) is 30.9. The highest BCUT2D eigenvalue weighted by Crippen LogP contribution is 2.54. The van der Waals surface area contributed by atoms with E-state index in [1.54, 1.807) is 13.2 Å². The Balaban J connectivity index is 0.809. The monoisotopic (exact) mass is 1090 g/mol. The number of carbonyl (C=O) groups is 1. The standard InChI is InChI=1S/C60H71N9O9S/c1-38(2)46-7-5-6-8-47(46)54-34-65(33-40-9-12-44(76-4)13-10-40)24-25-67(54)43-30-60(31-43)36-66(37-60)42-11-15-48(51(28-42)68-50-20-26-77-35-55(50)78-58-53(68)27-41-19-23-61-56(41)63-58)57(70)64-79(74,75)45-14-16-49(52(29-45)69(72)73)62-32-39-17-21-59(3,71)22-18-39/h5-16,19,23,27-29,38-39,43,50,54-55,62,71H,17-18,20-22,24-26,30-37H2,1-4H3,(H,61,63)(H,64,70)/t39?,50-,54-,55-,59?/m0/s1. The van der Waals surface area contributed by atoms with Gasteiger partial charge in [0.1, 0.15) is 28.9 Å². The number of nitrogens with zero attached hydrogens (tertiary/aromatic N) is 6. The molecule has 0 unspecified atom stereocenters. The van der Waals surface area contributed by atoms with Crippen LogP contribution in [0, 0.1) is 21.4 Å². The summed E-state index contributed by atoms with van der Waals surface area (Å²) in [7, 11) is -2.94. The molecule has 2 aliphatic carbocycles. The van der Waals surface area contributed by atoms with Crippen molar-refractivity contribution in [1.82, 2.24) is 24.5 Å². The molecule has 3 atom stereocenters. The van der Waals surface area contributed by atoms with Crippen LogP contribution in [-0.2, 0) is 21.3 Å². The van der Waals surface area contributed by atoms with Crippen molar-refractivity contribution in [2.24, 2.45) is 11.3 Å². The van der Waals surface area contributed by atoms with Crippen LogP contribution in [0.15, 0.2) is 108 Å². The summed E-state index contributed by atoms with van der Waals surface area (Å²) >= 11 is 0. The molecule has 6 aliphatic rings. The fraction of sp³-hybridized carbons (Fsp3) is 0.467. The van der Waals surface area contributed by atoms with E-state index in [2.05, 4.69) is 84.9 Å². The summed E-state index contributed by atoms with van der Waals surface area (Å²) in [5, 5.41) is 26.8. The number of benzene rings is 4. The summed E-state index contributed by atoms with van der Waals surface area (Å²) in [6.07, 6.45) is 6.86. The first-order chi connectivity index (χ1) is 38.0. The number of nitro groups is 1. The van der Waals surface area contributed by atoms with E-state index in [4.69, 9.17) is 19.2 Å². The summed E-state index contributed by atoms with van der Waals surface area (Å²) in [4.78, 5) is 44.0. The second-order valence-electron chi connectivity index (χ2n) is 23.6. The van der Waals surface area contributed by atoms with Crippen molar-refractivity contribution in [3.8, 4) is 11.6 Å². The Labute approximate surface area is 461 Å². The topological polar surface area (TPSA) is 208 Å². The minimum atomic E-state index is -4.64. The van der Waals surface area contributed by atoms with Crippen molar-refractivity contribution in [3.63, 3.8) is 0 Å². The van der Waals surface area contributed by atoms with Gasteiger partial charge in [-0.25, -0.2) is 13.1 Å². The highest BCUT2D eigenvalue weighted by atomic mass is 32.2. The van der Waals surface area contributed by atoms with Gasteiger partial charge >= 0.3 is 0 Å². The SMILES string of the molecule is COc1ccc(CN2CCN(C3CC4(C3)CN(c3ccc(C(=O)NS(=O)(=O)c5ccc(NCC6CCC(C)(O)CC6)c([N+](=O)[O-])c5)c(N5c6cc7cc[nH]c7nc6O[C@H]6COCC[C@@H]65)c3)C4)[C@H](c3ccccc3C(C)C)C2)cc1. The molecule has 2 aromatic heterocycles. The second-order valence-corrected chi connectivity index (χ2v) is 25.3. The number of fused-ring (bicyclic) bond motifs is 3. The van der Waals surface area contributed by atoms with Crippen molar-refractivity contribution in [3.05, 3.63) is 136 Å². The average molecular weight is 1090 g/mol. The number of hydrogen-bond donors (Lipinski definition) is 4. The number of nitro benzene ring substituents is 1. The van der Waals surface area contributed by atoms with Crippen LogP contribution in [-0.4, -0.2) is 128 Å². The van der Waals surface area contributed by atoms with Gasteiger partial charge in [-0.3, -0.25) is 24.7 Å². The molecule has 1 amide bonds. The summed E-state index contributed by atoms with van der Waals surface area (Å²) in [5.41, 5.74) is 6.03. The third-order valence-electron chi connectivity index (χ3n) is 17.8. The number of sulfonamides is 1. The van der Waals surface area contributed by atoms with Gasteiger partial charge in [-0.15, -0.1) is 0 Å². The highest BCUT2D eigenvalue weighted by Gasteiger charge is 2.55. The number of rotatable bonds is 15. The molecule has 0 bridgehead atoms. The molecule has 4 N–H and O–H groups in total. The van der Waals surface area contributed by atoms with Gasteiger partial charge in [-0.05, 0) is 135 Å². The molecular formula is C60H71N9O9S. The third-order valence-corrected chi connectivity index (χ3v) is 19.2. The number of carbonyl (C=O) groups excluding carboxylic acids is 1. The Kier molecular flexibility index (Phi) is 14.1. The Hall–Kier alpha value is -6.77. The Morgan fingerprint density at radius 1 is 0.975 bits per heavy atom. The number of anilines is 4. The van der Waals surface area contributed by atoms with Crippen LogP contribution in [0.2, 0.25) is 0 Å². The molecule has 416 valence electrons. The number of aromatic nitrogens is 2. The zero-order valence-electron chi connectivity index (χ0n) is 45.4. The maximum Gasteiger partial charge on any atom is 0.293 e. The first kappa shape index (κ1) is 52.9. The van der Waals surface area contributed by atoms with Gasteiger partial charge in [0.05, 0.1) is 46.4 Å². The molecule has 79 heavy (non-hydrogen) atoms. The number of ether oxygens (including phenoxy) is 3. The lowest BCUT2D eigenvalue weighted by Gasteiger charge is -2.63. The molecule has 18 nitrogen and oxygen atoms in total. The van der Waals surface area contributed by atoms with Crippen molar-refractivity contribution < 1.29 is 37.5 Å². The quantitative estimate of drug-likeness (QED) is 0.0558. The summed E-state index contributed by atoms with van der Waals surface area (Å²) < 4.78 is 48.7. The summed E-state index contributed by atoms with van der Waals surface area (Å²) in [5.74, 6) is 0.926. The normalized spacial score (nSPS) is 24.3. The smallest absolute Gasteiger partial charge is 0.293 e. The van der Waals surface area contributed by atoms with E-state index in [1.807, 2.05) is 49.5 Å². The van der Waals surface area contributed by atoms with Gasteiger partial charge in [-0.1, -0.05) is 50.2 Å². The third kappa shape index (κ3) is 10.5. The number of aliphatic hydroxyl groups is 1. The summed E-state index contributed by atoms with van der Waals surface area (Å²) in [6.45, 7) is 13.0. The first-order valence-electron chi connectivity index (χ1n) is 28.0. The molecule has 3 saturated heterocycles. The van der Waals surface area contributed by atoms with E-state index < -0.39 is 43.1 Å². The molecule has 6 heterocycles. The van der Waals surface area contributed by atoms with Crippen molar-refractivity contribution >= 4 is 55.4 Å². The Morgan fingerprint density at radius 2 is 1.76 bits per heavy atom. The van der Waals surface area contributed by atoms with Gasteiger partial charge in [0, 0.05) is 93.3 Å². The largest absolute Gasteiger partial charge is 0.497 e. The fourth-order valence-electron chi connectivity index (χ4n) is 13.5. The molecule has 1 spiro atoms. The number of aromatic amines is 1. The minimum Gasteiger partial charge on any atom is -0.497 e. The number of piperazine rings is 1. The number of methoxy groups -OCH3 is 1. The Morgan fingerprint density at radius 3 is 2.52 bits per heavy atom. The van der Waals surface area contributed by atoms with E-state index in [-0.39, 0.29) is 34.7 Å². The molecule has 2 saturated carbocycles. The average Bonchev–Trinajstić information content (AvgIpc) is 4.04. The van der Waals surface area contributed by atoms with Gasteiger partial charge in [0.2, 0.25) is 5.88 Å². The number of hydrogen-bond acceptors (Lipinski definition) is 15. The predicted molar refractivity (Wildman–Crippen MR) is 303 cm³/mol. The zero-order valence-corrected chi connectivity index (χ0v) is 46.2. The molecule has 12 rings (SSSR count). The lowest BCUT2D eigenvalue weighted by atomic mass is 9.59. The van der Waals surface area contributed by atoms with E-state index in [0.717, 1.165) is 87.8 Å². The second kappa shape index (κ2) is 21.0. The molecular weight excluding hydrogens is 1020 g/mol. The van der Waals surface area contributed by atoms with Crippen LogP contribution in [0.25, 0.3) is 11.0 Å². The van der Waals surface area contributed by atoms with Gasteiger partial charge in [-0.2, -0.15) is 4.98 Å². The maximum absolute atomic E-state index is 14.8. The zero-order chi connectivity index (χ0) is 54.8. The van der Waals surface area contributed by atoms with Crippen LogP contribution < -0.4 is 29.3 Å². The predicted octanol–water partition coefficient (Wildman–Crippen LogP) is 9.29. The molecule has 19 heteroatoms. The van der Waals surface area contributed by atoms with Crippen LogP contribution >= 0.6 is 0 Å². The lowest BCUT2D eigenvalue weighted by molar-refractivity contribution is -0.384. The number of H-pyrrole nitrogens is 1. The van der Waals surface area contributed by atoms with Crippen LogP contribution in [0.3, 0.4) is 0 Å². The molecule has 6 aromatic rings. The van der Waals surface area contributed by atoms with Crippen molar-refractivity contribution in [2.75, 3.05) is 74.7 Å². The van der Waals surface area contributed by atoms with Crippen molar-refractivity contribution in [1.29, 1.82) is 0 Å². The van der Waals surface area contributed by atoms with Crippen LogP contribution in [0.4, 0.5) is 28.4 Å². The molecule has 5 fully saturated rings. The highest BCUT2D eigenvalue weighted by molar-refractivity contribution is 7.90. The molecule has 4 aromatic carbocycles. The first-order valence-corrected chi connectivity index (χ1v) is 29.4. The maximum atomic E-state index is 14.8. The fourth-order valence-corrected chi connectivity index (χ4v) is 14.4. The van der Waals surface area contributed by atoms with Crippen LogP contribution in [0.5, 0.6) is 11.6 Å². The number of nitrogens with one attached hydrogen (secondary N) is 3. The number of pyridine rings is 1. The molecule has 0 radical (unpaired) electrons. The number of amides is 1. The van der Waals surface area contributed by atoms with E-state index in [0.29, 0.717) is 73.9 Å². The van der Waals surface area contributed by atoms with Gasteiger partial charge < -0.3 is 39.4 Å². The van der Waals surface area contributed by atoms with Gasteiger partial charge in [0.15, 0.2) is 0 Å². The van der Waals surface area contributed by atoms with E-state index in [1.165, 1.54) is 28.8 Å². The van der Waals surface area contributed by atoms with Gasteiger partial charge in [0.25, 0.3) is 21.6 Å². The minimum absolute atomic E-state index is 0.108. The van der Waals surface area contributed by atoms with Crippen LogP contribution in [0.1, 0.15) is 105 Å². The lowest BCUT2D eigenvalue weighted by Crippen LogP contribution is -2.68.